The van der Waals surface area contributed by atoms with Crippen LogP contribution in [0.5, 0.6) is 0 Å². The number of aromatic nitrogens is 1. The Morgan fingerprint density at radius 2 is 1.94 bits per heavy atom. The maximum atomic E-state index is 12.9. The standard InChI is InChI=1S/C13H17F3N2/c1-9-6-10(8-17-7-9)18-12-5-3-2-4-11(12)13(14,15)16/h6-8,11-12,18H,2-5H2,1H3. The van der Waals surface area contributed by atoms with E-state index in [1.807, 2.05) is 13.0 Å². The Hall–Kier alpha value is -1.26. The van der Waals surface area contributed by atoms with Crippen LogP contribution in [-0.4, -0.2) is 17.2 Å². The zero-order valence-corrected chi connectivity index (χ0v) is 10.3. The summed E-state index contributed by atoms with van der Waals surface area (Å²) in [6.07, 6.45) is 1.45. The van der Waals surface area contributed by atoms with Gasteiger partial charge in [0.2, 0.25) is 0 Å². The van der Waals surface area contributed by atoms with Gasteiger partial charge in [-0.1, -0.05) is 12.8 Å². The summed E-state index contributed by atoms with van der Waals surface area (Å²) in [7, 11) is 0. The minimum absolute atomic E-state index is 0.223. The summed E-state index contributed by atoms with van der Waals surface area (Å²) in [5.74, 6) is -1.24. The zero-order valence-electron chi connectivity index (χ0n) is 10.3. The molecular formula is C13H17F3N2. The molecule has 2 nitrogen and oxygen atoms in total. The number of alkyl halides is 3. The molecule has 1 heterocycles. The van der Waals surface area contributed by atoms with Gasteiger partial charge < -0.3 is 5.32 Å². The summed E-state index contributed by atoms with van der Waals surface area (Å²) in [5.41, 5.74) is 1.62. The van der Waals surface area contributed by atoms with Gasteiger partial charge in [-0.2, -0.15) is 13.2 Å². The third kappa shape index (κ3) is 3.15. The molecule has 2 unspecified atom stereocenters. The average Bonchev–Trinajstić information content (AvgIpc) is 2.28. The highest BCUT2D eigenvalue weighted by atomic mass is 19.4. The zero-order chi connectivity index (χ0) is 13.2. The van der Waals surface area contributed by atoms with Gasteiger partial charge in [-0.05, 0) is 31.4 Å². The van der Waals surface area contributed by atoms with Gasteiger partial charge in [0.05, 0.1) is 11.6 Å². The van der Waals surface area contributed by atoms with E-state index in [-0.39, 0.29) is 6.42 Å². The minimum atomic E-state index is -4.12. The van der Waals surface area contributed by atoms with Gasteiger partial charge in [0.15, 0.2) is 0 Å². The molecular weight excluding hydrogens is 241 g/mol. The third-order valence-electron chi connectivity index (χ3n) is 3.41. The number of halogens is 3. The molecule has 1 aliphatic carbocycles. The molecule has 1 aliphatic rings. The lowest BCUT2D eigenvalue weighted by molar-refractivity contribution is -0.184. The average molecular weight is 258 g/mol. The number of pyridine rings is 1. The maximum Gasteiger partial charge on any atom is 0.393 e. The van der Waals surface area contributed by atoms with Gasteiger partial charge in [0.1, 0.15) is 0 Å². The van der Waals surface area contributed by atoms with Gasteiger partial charge in [-0.25, -0.2) is 0 Å². The predicted molar refractivity (Wildman–Crippen MR) is 64.4 cm³/mol. The topological polar surface area (TPSA) is 24.9 Å². The lowest BCUT2D eigenvalue weighted by atomic mass is 9.84. The van der Waals surface area contributed by atoms with Crippen LogP contribution in [0.15, 0.2) is 18.5 Å². The van der Waals surface area contributed by atoms with E-state index in [1.54, 1.807) is 12.4 Å². The van der Waals surface area contributed by atoms with E-state index in [0.29, 0.717) is 18.5 Å². The fourth-order valence-electron chi connectivity index (χ4n) is 2.54. The molecule has 2 rings (SSSR count). The van der Waals surface area contributed by atoms with Crippen molar-refractivity contribution in [1.82, 2.24) is 4.98 Å². The maximum absolute atomic E-state index is 12.9. The van der Waals surface area contributed by atoms with Gasteiger partial charge in [-0.3, -0.25) is 4.98 Å². The molecule has 1 aromatic rings. The van der Waals surface area contributed by atoms with Gasteiger partial charge in [-0.15, -0.1) is 0 Å². The number of rotatable bonds is 2. The number of nitrogens with one attached hydrogen (secondary N) is 1. The van der Waals surface area contributed by atoms with E-state index >= 15 is 0 Å². The molecule has 1 aromatic heterocycles. The quantitative estimate of drug-likeness (QED) is 0.869. The Balaban J connectivity index is 2.10. The first-order chi connectivity index (χ1) is 8.47. The number of nitrogens with zero attached hydrogens (tertiary/aromatic N) is 1. The molecule has 0 bridgehead atoms. The molecule has 0 aromatic carbocycles. The number of hydrogen-bond acceptors (Lipinski definition) is 2. The molecule has 5 heteroatoms. The smallest absolute Gasteiger partial charge is 0.380 e. The summed E-state index contributed by atoms with van der Waals surface area (Å²) >= 11 is 0. The molecule has 18 heavy (non-hydrogen) atoms. The molecule has 1 N–H and O–H groups in total. The van der Waals surface area contributed by atoms with Crippen molar-refractivity contribution >= 4 is 5.69 Å². The monoisotopic (exact) mass is 258 g/mol. The first-order valence-electron chi connectivity index (χ1n) is 6.22. The van der Waals surface area contributed by atoms with Crippen molar-refractivity contribution in [2.45, 2.75) is 44.8 Å². The molecule has 0 amide bonds. The molecule has 0 radical (unpaired) electrons. The van der Waals surface area contributed by atoms with Crippen LogP contribution >= 0.6 is 0 Å². The highest BCUT2D eigenvalue weighted by Crippen LogP contribution is 2.38. The molecule has 1 saturated carbocycles. The highest BCUT2D eigenvalue weighted by Gasteiger charge is 2.45. The van der Waals surface area contributed by atoms with E-state index in [9.17, 15) is 13.2 Å². The fourth-order valence-corrected chi connectivity index (χ4v) is 2.54. The van der Waals surface area contributed by atoms with E-state index in [1.165, 1.54) is 0 Å². The largest absolute Gasteiger partial charge is 0.393 e. The van der Waals surface area contributed by atoms with Crippen LogP contribution in [-0.2, 0) is 0 Å². The molecule has 1 fully saturated rings. The van der Waals surface area contributed by atoms with Crippen LogP contribution in [0.4, 0.5) is 18.9 Å². The molecule has 100 valence electrons. The summed E-state index contributed by atoms with van der Waals surface area (Å²) in [6, 6.07) is 1.30. The van der Waals surface area contributed by atoms with E-state index < -0.39 is 18.1 Å². The number of anilines is 1. The number of aryl methyl sites for hydroxylation is 1. The second-order valence-corrected chi connectivity index (χ2v) is 4.93. The molecule has 0 aliphatic heterocycles. The number of hydrogen-bond donors (Lipinski definition) is 1. The highest BCUT2D eigenvalue weighted by molar-refractivity contribution is 5.43. The summed E-state index contributed by atoms with van der Waals surface area (Å²) in [6.45, 7) is 1.88. The van der Waals surface area contributed by atoms with Gasteiger partial charge in [0, 0.05) is 18.4 Å². The van der Waals surface area contributed by atoms with Crippen LogP contribution in [0.25, 0.3) is 0 Å². The van der Waals surface area contributed by atoms with E-state index in [2.05, 4.69) is 10.3 Å². The lowest BCUT2D eigenvalue weighted by Crippen LogP contribution is -2.41. The molecule has 2 atom stereocenters. The van der Waals surface area contributed by atoms with Crippen LogP contribution in [0.2, 0.25) is 0 Å². The van der Waals surface area contributed by atoms with Crippen molar-refractivity contribution in [2.24, 2.45) is 5.92 Å². The SMILES string of the molecule is Cc1cncc(NC2CCCCC2C(F)(F)F)c1. The molecule has 0 saturated heterocycles. The van der Waals surface area contributed by atoms with Crippen molar-refractivity contribution < 1.29 is 13.2 Å². The van der Waals surface area contributed by atoms with Crippen molar-refractivity contribution in [2.75, 3.05) is 5.32 Å². The Kier molecular flexibility index (Phi) is 3.78. The second-order valence-electron chi connectivity index (χ2n) is 4.93. The van der Waals surface area contributed by atoms with Gasteiger partial charge in [0.25, 0.3) is 0 Å². The van der Waals surface area contributed by atoms with Crippen LogP contribution in [0.1, 0.15) is 31.2 Å². The summed E-state index contributed by atoms with van der Waals surface area (Å²) in [5, 5.41) is 3.00. The van der Waals surface area contributed by atoms with Gasteiger partial charge >= 0.3 is 6.18 Å². The van der Waals surface area contributed by atoms with Crippen LogP contribution in [0.3, 0.4) is 0 Å². The normalized spacial score (nSPS) is 24.9. The van der Waals surface area contributed by atoms with Crippen molar-refractivity contribution in [3.63, 3.8) is 0 Å². The fraction of sp³-hybridized carbons (Fsp3) is 0.615. The minimum Gasteiger partial charge on any atom is -0.380 e. The molecule has 0 spiro atoms. The summed E-state index contributed by atoms with van der Waals surface area (Å²) in [4.78, 5) is 3.99. The Labute approximate surface area is 105 Å². The van der Waals surface area contributed by atoms with Crippen molar-refractivity contribution in [1.29, 1.82) is 0 Å². The van der Waals surface area contributed by atoms with Crippen molar-refractivity contribution in [3.05, 3.63) is 24.0 Å². The van der Waals surface area contributed by atoms with Crippen LogP contribution in [0, 0.1) is 12.8 Å². The Morgan fingerprint density at radius 3 is 2.61 bits per heavy atom. The van der Waals surface area contributed by atoms with Crippen LogP contribution < -0.4 is 5.32 Å². The second kappa shape index (κ2) is 5.16. The van der Waals surface area contributed by atoms with E-state index in [4.69, 9.17) is 0 Å². The Bertz CT molecular complexity index is 403. The first-order valence-corrected chi connectivity index (χ1v) is 6.22. The Morgan fingerprint density at radius 1 is 1.22 bits per heavy atom. The lowest BCUT2D eigenvalue weighted by Gasteiger charge is -2.34. The van der Waals surface area contributed by atoms with Crippen molar-refractivity contribution in [3.8, 4) is 0 Å². The predicted octanol–water partition coefficient (Wildman–Crippen LogP) is 3.92. The summed E-state index contributed by atoms with van der Waals surface area (Å²) < 4.78 is 38.8. The van der Waals surface area contributed by atoms with E-state index in [0.717, 1.165) is 12.0 Å². The first kappa shape index (κ1) is 13.2. The third-order valence-corrected chi connectivity index (χ3v) is 3.41.